The molecule has 2 nitrogen and oxygen atoms in total. The van der Waals surface area contributed by atoms with Gasteiger partial charge >= 0.3 is 0 Å². The van der Waals surface area contributed by atoms with Crippen molar-refractivity contribution in [3.8, 4) is 11.1 Å². The molecule has 0 radical (unpaired) electrons. The first-order valence-electron chi connectivity index (χ1n) is 14.4. The van der Waals surface area contributed by atoms with Crippen LogP contribution in [0.5, 0.6) is 0 Å². The molecule has 206 valence electrons. The van der Waals surface area contributed by atoms with E-state index in [4.69, 9.17) is 0 Å². The van der Waals surface area contributed by atoms with Crippen LogP contribution in [-0.4, -0.2) is 26.2 Å². The Balaban J connectivity index is 0.00000612. The summed E-state index contributed by atoms with van der Waals surface area (Å²) in [4.78, 5) is 5.20. The first-order valence-corrected chi connectivity index (χ1v) is 14.4. The van der Waals surface area contributed by atoms with Crippen molar-refractivity contribution in [2.24, 2.45) is 0 Å². The van der Waals surface area contributed by atoms with Crippen LogP contribution in [0, 0.1) is 0 Å². The van der Waals surface area contributed by atoms with Gasteiger partial charge < -0.3 is 9.80 Å². The first-order chi connectivity index (χ1) is 16.7. The number of anilines is 2. The van der Waals surface area contributed by atoms with Crippen LogP contribution in [0.3, 0.4) is 0 Å². The van der Waals surface area contributed by atoms with Crippen LogP contribution >= 0.6 is 24.8 Å². The van der Waals surface area contributed by atoms with Gasteiger partial charge in [0.15, 0.2) is 0 Å². The summed E-state index contributed by atoms with van der Waals surface area (Å²) < 4.78 is 0. The molecule has 0 bridgehead atoms. The number of benzene rings is 2. The number of hydrogen-bond donors (Lipinski definition) is 0. The minimum absolute atomic E-state index is 0. The monoisotopic (exact) mass is 536 g/mol. The second-order valence-electron chi connectivity index (χ2n) is 9.90. The molecule has 0 aliphatic rings. The summed E-state index contributed by atoms with van der Waals surface area (Å²) in [6.07, 6.45) is 15.6. The second-order valence-corrected chi connectivity index (χ2v) is 9.90. The van der Waals surface area contributed by atoms with E-state index in [0.717, 1.165) is 0 Å². The fraction of sp³-hybridized carbons (Fsp3) is 0.625. The Labute approximate surface area is 236 Å². The van der Waals surface area contributed by atoms with Gasteiger partial charge in [-0.1, -0.05) is 103 Å². The molecule has 2 aromatic carbocycles. The van der Waals surface area contributed by atoms with Gasteiger partial charge in [-0.2, -0.15) is 0 Å². The Morgan fingerprint density at radius 2 is 0.639 bits per heavy atom. The molecule has 36 heavy (non-hydrogen) atoms. The van der Waals surface area contributed by atoms with E-state index in [1.807, 2.05) is 0 Å². The fourth-order valence-corrected chi connectivity index (χ4v) is 4.68. The average Bonchev–Trinajstić information content (AvgIpc) is 2.87. The van der Waals surface area contributed by atoms with Crippen molar-refractivity contribution in [3.63, 3.8) is 0 Å². The summed E-state index contributed by atoms with van der Waals surface area (Å²) in [5, 5.41) is 0. The van der Waals surface area contributed by atoms with Crippen molar-refractivity contribution < 1.29 is 0 Å². The zero-order valence-electron chi connectivity index (χ0n) is 23.6. The molecule has 0 fully saturated rings. The van der Waals surface area contributed by atoms with E-state index in [0.29, 0.717) is 0 Å². The van der Waals surface area contributed by atoms with Crippen LogP contribution in [0.15, 0.2) is 48.5 Å². The maximum Gasteiger partial charge on any atom is 0.0366 e. The topological polar surface area (TPSA) is 6.48 Å². The Morgan fingerprint density at radius 1 is 0.389 bits per heavy atom. The number of hydrogen-bond acceptors (Lipinski definition) is 2. The molecular formula is C32H54Cl2N2. The van der Waals surface area contributed by atoms with E-state index in [2.05, 4.69) is 86.0 Å². The van der Waals surface area contributed by atoms with E-state index in [-0.39, 0.29) is 24.8 Å². The largest absolute Gasteiger partial charge is 0.372 e. The molecule has 0 aliphatic heterocycles. The summed E-state index contributed by atoms with van der Waals surface area (Å²) >= 11 is 0. The lowest BCUT2D eigenvalue weighted by molar-refractivity contribution is 0.636. The van der Waals surface area contributed by atoms with Crippen molar-refractivity contribution in [1.82, 2.24) is 0 Å². The Hall–Kier alpha value is -1.38. The molecule has 0 atom stereocenters. The van der Waals surface area contributed by atoms with Crippen LogP contribution in [-0.2, 0) is 0 Å². The normalized spacial score (nSPS) is 10.4. The molecule has 0 spiro atoms. The zero-order valence-corrected chi connectivity index (χ0v) is 25.3. The molecule has 4 heteroatoms. The number of rotatable bonds is 19. The Morgan fingerprint density at radius 3 is 0.861 bits per heavy atom. The van der Waals surface area contributed by atoms with Crippen LogP contribution in [0.2, 0.25) is 0 Å². The van der Waals surface area contributed by atoms with E-state index < -0.39 is 0 Å². The van der Waals surface area contributed by atoms with Gasteiger partial charge in [-0.3, -0.25) is 0 Å². The van der Waals surface area contributed by atoms with Gasteiger partial charge in [0, 0.05) is 37.6 Å². The van der Waals surface area contributed by atoms with Crippen molar-refractivity contribution in [1.29, 1.82) is 0 Å². The summed E-state index contributed by atoms with van der Waals surface area (Å²) in [6, 6.07) is 18.6. The highest BCUT2D eigenvalue weighted by Gasteiger charge is 2.09. The molecule has 2 aromatic rings. The fourth-order valence-electron chi connectivity index (χ4n) is 4.68. The molecule has 0 saturated heterocycles. The molecule has 0 heterocycles. The molecule has 0 aliphatic carbocycles. The smallest absolute Gasteiger partial charge is 0.0366 e. The van der Waals surface area contributed by atoms with Crippen molar-refractivity contribution in [3.05, 3.63) is 48.5 Å². The number of nitrogens with zero attached hydrogens (tertiary/aromatic N) is 2. The van der Waals surface area contributed by atoms with E-state index in [1.165, 1.54) is 126 Å². The highest BCUT2D eigenvalue weighted by molar-refractivity contribution is 5.85. The number of halogens is 2. The molecule has 0 unspecified atom stereocenters. The minimum atomic E-state index is 0. The summed E-state index contributed by atoms with van der Waals surface area (Å²) in [7, 11) is 0. The van der Waals surface area contributed by atoms with Crippen molar-refractivity contribution >= 4 is 36.2 Å². The quantitative estimate of drug-likeness (QED) is 0.164. The average molecular weight is 538 g/mol. The third kappa shape index (κ3) is 12.7. The Bertz CT molecular complexity index is 660. The molecule has 0 N–H and O–H groups in total. The maximum atomic E-state index is 2.60. The molecule has 0 saturated carbocycles. The van der Waals surface area contributed by atoms with Gasteiger partial charge in [0.2, 0.25) is 0 Å². The van der Waals surface area contributed by atoms with Crippen molar-refractivity contribution in [2.75, 3.05) is 36.0 Å². The predicted molar refractivity (Wildman–Crippen MR) is 169 cm³/mol. The first kappa shape index (κ1) is 34.6. The van der Waals surface area contributed by atoms with Crippen molar-refractivity contribution in [2.45, 2.75) is 105 Å². The van der Waals surface area contributed by atoms with Gasteiger partial charge in [-0.05, 0) is 61.1 Å². The highest BCUT2D eigenvalue weighted by atomic mass is 35.5. The van der Waals surface area contributed by atoms with Crippen LogP contribution in [0.4, 0.5) is 11.4 Å². The molecule has 2 rings (SSSR count). The summed E-state index contributed by atoms with van der Waals surface area (Å²) in [6.45, 7) is 13.9. The van der Waals surface area contributed by atoms with Gasteiger partial charge in [-0.15, -0.1) is 24.8 Å². The van der Waals surface area contributed by atoms with E-state index in [1.54, 1.807) is 0 Å². The highest BCUT2D eigenvalue weighted by Crippen LogP contribution is 2.27. The zero-order chi connectivity index (χ0) is 24.4. The van der Waals surface area contributed by atoms with Gasteiger partial charge in [0.05, 0.1) is 0 Å². The molecule has 0 aromatic heterocycles. The summed E-state index contributed by atoms with van der Waals surface area (Å²) in [5.41, 5.74) is 5.40. The lowest BCUT2D eigenvalue weighted by atomic mass is 10.0. The standard InChI is InChI=1S/C32H52N2.2ClH/c1-5-9-13-25-33(26-14-10-6-2)31-21-17-29(18-22-31)30-19-23-32(24-20-30)34(27-15-11-7-3)28-16-12-8-4;;/h17-24H,5-16,25-28H2,1-4H3;2*1H. The molecule has 0 amide bonds. The SMILES string of the molecule is CCCCCN(CCCCC)c1ccc(-c2ccc(N(CCCCC)CCCCC)cc2)cc1.Cl.Cl. The van der Waals surface area contributed by atoms with Crippen LogP contribution in [0.1, 0.15) is 105 Å². The minimum Gasteiger partial charge on any atom is -0.372 e. The lowest BCUT2D eigenvalue weighted by Crippen LogP contribution is -2.25. The van der Waals surface area contributed by atoms with Gasteiger partial charge in [0.25, 0.3) is 0 Å². The third-order valence-electron chi connectivity index (χ3n) is 6.92. The second kappa shape index (κ2) is 21.7. The third-order valence-corrected chi connectivity index (χ3v) is 6.92. The van der Waals surface area contributed by atoms with Crippen LogP contribution < -0.4 is 9.80 Å². The Kier molecular flexibility index (Phi) is 20.9. The van der Waals surface area contributed by atoms with Gasteiger partial charge in [-0.25, -0.2) is 0 Å². The van der Waals surface area contributed by atoms with E-state index >= 15 is 0 Å². The maximum absolute atomic E-state index is 2.60. The van der Waals surface area contributed by atoms with Crippen LogP contribution in [0.25, 0.3) is 11.1 Å². The van der Waals surface area contributed by atoms with Gasteiger partial charge in [0.1, 0.15) is 0 Å². The molecular weight excluding hydrogens is 483 g/mol. The number of unbranched alkanes of at least 4 members (excludes halogenated alkanes) is 8. The lowest BCUT2D eigenvalue weighted by Gasteiger charge is -2.26. The summed E-state index contributed by atoms with van der Waals surface area (Å²) in [5.74, 6) is 0. The van der Waals surface area contributed by atoms with E-state index in [9.17, 15) is 0 Å². The predicted octanol–water partition coefficient (Wildman–Crippen LogP) is 10.6.